The van der Waals surface area contributed by atoms with Crippen LogP contribution in [0.5, 0.6) is 0 Å². The van der Waals surface area contributed by atoms with Crippen LogP contribution in [0.3, 0.4) is 0 Å². The highest BCUT2D eigenvalue weighted by atomic mass is 19.1. The fraction of sp³-hybridized carbons (Fsp3) is 0.143. The number of anilines is 1. The van der Waals surface area contributed by atoms with Crippen LogP contribution in [0.25, 0.3) is 17.1 Å². The molecule has 172 valence electrons. The molecule has 6 N–H and O–H groups in total. The third-order valence-corrected chi connectivity index (χ3v) is 4.57. The van der Waals surface area contributed by atoms with Gasteiger partial charge in [0.1, 0.15) is 17.2 Å². The lowest BCUT2D eigenvalue weighted by Crippen LogP contribution is -2.34. The molecule has 2 amide bonds. The number of nitrogens with one attached hydrogen (secondary N) is 2. The van der Waals surface area contributed by atoms with Crippen LogP contribution < -0.4 is 21.9 Å². The van der Waals surface area contributed by atoms with E-state index in [0.29, 0.717) is 11.6 Å². The summed E-state index contributed by atoms with van der Waals surface area (Å²) in [6.07, 6.45) is 3.82. The fourth-order valence-electron chi connectivity index (χ4n) is 2.94. The minimum Gasteiger partial charge on any atom is -0.423 e. The molecule has 12 heteroatoms. The zero-order valence-electron chi connectivity index (χ0n) is 17.0. The Bertz CT molecular complexity index is 1320. The quantitative estimate of drug-likeness (QED) is 0.255. The molecule has 0 aliphatic carbocycles. The minimum absolute atomic E-state index is 0.0259. The van der Waals surface area contributed by atoms with Gasteiger partial charge in [0, 0.05) is 42.4 Å². The molecule has 3 rings (SSSR count). The number of carbonyl (C=O) groups excluding carboxylic acids is 2. The Labute approximate surface area is 184 Å². The summed E-state index contributed by atoms with van der Waals surface area (Å²) >= 11 is 0. The molecule has 0 radical (unpaired) electrons. The number of aliphatic hydroxyl groups excluding tert-OH is 1. The van der Waals surface area contributed by atoms with Crippen LogP contribution >= 0.6 is 0 Å². The van der Waals surface area contributed by atoms with E-state index in [0.717, 1.165) is 12.1 Å². The van der Waals surface area contributed by atoms with Crippen molar-refractivity contribution in [1.82, 2.24) is 20.3 Å². The van der Waals surface area contributed by atoms with Crippen molar-refractivity contribution in [2.45, 2.75) is 6.54 Å². The molecular weight excluding hydrogens is 440 g/mol. The van der Waals surface area contributed by atoms with Crippen LogP contribution in [0.2, 0.25) is 0 Å². The lowest BCUT2D eigenvalue weighted by atomic mass is 10.1. The van der Waals surface area contributed by atoms with Gasteiger partial charge < -0.3 is 26.7 Å². The van der Waals surface area contributed by atoms with E-state index in [-0.39, 0.29) is 46.7 Å². The Hall–Kier alpha value is -4.32. The lowest BCUT2D eigenvalue weighted by Gasteiger charge is -2.12. The summed E-state index contributed by atoms with van der Waals surface area (Å²) in [6, 6.07) is 4.20. The van der Waals surface area contributed by atoms with Crippen molar-refractivity contribution in [2.24, 2.45) is 0 Å². The lowest BCUT2D eigenvalue weighted by molar-refractivity contribution is -0.116. The van der Waals surface area contributed by atoms with E-state index < -0.39 is 34.6 Å². The van der Waals surface area contributed by atoms with E-state index in [2.05, 4.69) is 15.6 Å². The van der Waals surface area contributed by atoms with Crippen molar-refractivity contribution in [3.63, 3.8) is 0 Å². The first kappa shape index (κ1) is 23.3. The van der Waals surface area contributed by atoms with Crippen LogP contribution in [0.4, 0.5) is 14.5 Å². The second kappa shape index (κ2) is 9.87. The Morgan fingerprint density at radius 3 is 2.67 bits per heavy atom. The van der Waals surface area contributed by atoms with Gasteiger partial charge in [0.15, 0.2) is 5.65 Å². The molecule has 2 aromatic heterocycles. The summed E-state index contributed by atoms with van der Waals surface area (Å²) in [6.45, 7) is -0.513. The van der Waals surface area contributed by atoms with Gasteiger partial charge in [0.05, 0.1) is 12.3 Å². The number of aromatic nitrogens is 2. The van der Waals surface area contributed by atoms with Crippen molar-refractivity contribution >= 4 is 34.6 Å². The van der Waals surface area contributed by atoms with Gasteiger partial charge in [0.25, 0.3) is 11.5 Å². The van der Waals surface area contributed by atoms with Crippen LogP contribution in [-0.4, -0.2) is 45.0 Å². The van der Waals surface area contributed by atoms with Gasteiger partial charge in [-0.15, -0.1) is 4.73 Å². The second-order valence-corrected chi connectivity index (χ2v) is 6.81. The number of pyridine rings is 2. The summed E-state index contributed by atoms with van der Waals surface area (Å²) in [7, 11) is 0. The Morgan fingerprint density at radius 2 is 1.97 bits per heavy atom. The van der Waals surface area contributed by atoms with E-state index >= 15 is 0 Å². The molecule has 1 aromatic carbocycles. The molecule has 33 heavy (non-hydrogen) atoms. The van der Waals surface area contributed by atoms with Crippen LogP contribution in [0, 0.1) is 11.6 Å². The Morgan fingerprint density at radius 1 is 1.21 bits per heavy atom. The molecule has 2 heterocycles. The molecule has 0 aliphatic heterocycles. The summed E-state index contributed by atoms with van der Waals surface area (Å²) in [5, 5.41) is 23.7. The number of halogens is 2. The highest BCUT2D eigenvalue weighted by molar-refractivity contribution is 6.06. The number of amides is 2. The molecule has 3 aromatic rings. The zero-order valence-corrected chi connectivity index (χ0v) is 17.0. The number of fused-ring (bicyclic) bond motifs is 1. The highest BCUT2D eigenvalue weighted by Gasteiger charge is 2.22. The molecule has 0 atom stereocenters. The van der Waals surface area contributed by atoms with Gasteiger partial charge in [-0.25, -0.2) is 13.8 Å². The van der Waals surface area contributed by atoms with Gasteiger partial charge in [0.2, 0.25) is 5.91 Å². The number of aliphatic hydroxyl groups is 1. The third kappa shape index (κ3) is 5.13. The first-order valence-electron chi connectivity index (χ1n) is 9.55. The number of hydrogen-bond donors (Lipinski definition) is 5. The van der Waals surface area contributed by atoms with Gasteiger partial charge in [-0.1, -0.05) is 6.07 Å². The maximum atomic E-state index is 13.8. The molecule has 0 saturated carbocycles. The Balaban J connectivity index is 1.92. The van der Waals surface area contributed by atoms with E-state index in [1.807, 2.05) is 0 Å². The van der Waals surface area contributed by atoms with Gasteiger partial charge >= 0.3 is 0 Å². The third-order valence-electron chi connectivity index (χ3n) is 4.57. The predicted molar refractivity (Wildman–Crippen MR) is 114 cm³/mol. The molecule has 0 bridgehead atoms. The van der Waals surface area contributed by atoms with Crippen LogP contribution in [-0.2, 0) is 11.3 Å². The summed E-state index contributed by atoms with van der Waals surface area (Å²) in [5.74, 6) is -3.13. The number of rotatable bonds is 7. The Kier molecular flexibility index (Phi) is 6.98. The largest absolute Gasteiger partial charge is 0.423 e. The van der Waals surface area contributed by atoms with E-state index in [9.17, 15) is 28.4 Å². The summed E-state index contributed by atoms with van der Waals surface area (Å²) in [5.41, 5.74) is 4.11. The second-order valence-electron chi connectivity index (χ2n) is 6.81. The number of nitrogens with two attached hydrogens (primary N) is 1. The average molecular weight is 459 g/mol. The summed E-state index contributed by atoms with van der Waals surface area (Å²) in [4.78, 5) is 40.7. The molecule has 10 nitrogen and oxygen atoms in total. The average Bonchev–Trinajstić information content (AvgIpc) is 2.79. The number of hydrogen-bond acceptors (Lipinski definition) is 7. The van der Waals surface area contributed by atoms with Gasteiger partial charge in [-0.3, -0.25) is 14.4 Å². The molecule has 0 fully saturated rings. The fourth-order valence-corrected chi connectivity index (χ4v) is 2.94. The summed E-state index contributed by atoms with van der Waals surface area (Å²) < 4.78 is 27.0. The van der Waals surface area contributed by atoms with Crippen LogP contribution in [0.1, 0.15) is 21.5 Å². The molecular formula is C21H19F2N5O5. The van der Waals surface area contributed by atoms with Crippen molar-refractivity contribution in [3.8, 4) is 0 Å². The first-order valence-corrected chi connectivity index (χ1v) is 9.55. The van der Waals surface area contributed by atoms with Crippen molar-refractivity contribution in [3.05, 3.63) is 75.2 Å². The monoisotopic (exact) mass is 459 g/mol. The number of nitrogens with zero attached hydrogens (tertiary/aromatic N) is 2. The van der Waals surface area contributed by atoms with Crippen molar-refractivity contribution in [1.29, 1.82) is 0 Å². The van der Waals surface area contributed by atoms with Crippen molar-refractivity contribution in [2.75, 3.05) is 18.9 Å². The zero-order chi connectivity index (χ0) is 24.1. The molecule has 0 saturated heterocycles. The smallest absolute Gasteiger partial charge is 0.299 e. The number of nitrogen functional groups attached to an aromatic ring is 1. The van der Waals surface area contributed by atoms with Crippen LogP contribution in [0.15, 0.2) is 41.3 Å². The van der Waals surface area contributed by atoms with Gasteiger partial charge in [-0.05, 0) is 23.8 Å². The number of carbonyl (C=O) groups is 2. The molecule has 0 spiro atoms. The topological polar surface area (TPSA) is 160 Å². The standard InChI is InChI=1S/C21H19F2N5O5/c22-13-3-2-12(15(23)8-13)10-27-20(31)17-18(24)14-7-11(1-4-16(30)25-5-6-29)9-26-19(14)28(33)21(17)32/h1-4,7-9,29,33H,5-6,10,24H2,(H,25,30)(H,27,31). The number of benzene rings is 1. The van der Waals surface area contributed by atoms with E-state index in [4.69, 9.17) is 10.8 Å². The molecule has 0 aliphatic rings. The van der Waals surface area contributed by atoms with Crippen molar-refractivity contribution < 1.29 is 28.7 Å². The van der Waals surface area contributed by atoms with Gasteiger partial charge in [-0.2, -0.15) is 0 Å². The highest BCUT2D eigenvalue weighted by Crippen LogP contribution is 2.22. The normalized spacial score (nSPS) is 11.1. The van der Waals surface area contributed by atoms with E-state index in [1.54, 1.807) is 0 Å². The first-order chi connectivity index (χ1) is 15.7. The molecule has 0 unspecified atom stereocenters. The minimum atomic E-state index is -1.14. The SMILES string of the molecule is Nc1c(C(=O)NCc2ccc(F)cc2F)c(=O)n(O)c2ncc(C=CC(=O)NCCO)cc12. The maximum absolute atomic E-state index is 13.8. The predicted octanol–water partition coefficient (Wildman–Crippen LogP) is 0.546. The maximum Gasteiger partial charge on any atom is 0.299 e. The van der Waals surface area contributed by atoms with E-state index in [1.165, 1.54) is 24.4 Å².